The van der Waals surface area contributed by atoms with E-state index in [1.807, 2.05) is 0 Å². The fourth-order valence-corrected chi connectivity index (χ4v) is 1.74. The van der Waals surface area contributed by atoms with Gasteiger partial charge in [0.15, 0.2) is 11.6 Å². The summed E-state index contributed by atoms with van der Waals surface area (Å²) in [5.41, 5.74) is 0. The number of rotatable bonds is 2. The standard InChI is InChI=1S/C11H13FO2/c12-10-3-1-2-4-11(10)14-9-6-5-8(13)7-9/h1-4,8-9,13H,5-7H2. The highest BCUT2D eigenvalue weighted by atomic mass is 19.1. The highest BCUT2D eigenvalue weighted by Gasteiger charge is 2.24. The maximum absolute atomic E-state index is 13.2. The van der Waals surface area contributed by atoms with Crippen molar-refractivity contribution in [3.63, 3.8) is 0 Å². The van der Waals surface area contributed by atoms with Gasteiger partial charge in [0.2, 0.25) is 0 Å². The molecule has 2 nitrogen and oxygen atoms in total. The van der Waals surface area contributed by atoms with E-state index in [1.165, 1.54) is 6.07 Å². The van der Waals surface area contributed by atoms with E-state index in [-0.39, 0.29) is 23.8 Å². The minimum absolute atomic E-state index is 0.0399. The summed E-state index contributed by atoms with van der Waals surface area (Å²) in [5, 5.41) is 9.27. The van der Waals surface area contributed by atoms with Crippen LogP contribution in [0.2, 0.25) is 0 Å². The van der Waals surface area contributed by atoms with Crippen LogP contribution in [0, 0.1) is 5.82 Å². The van der Waals surface area contributed by atoms with Gasteiger partial charge in [0.1, 0.15) is 6.10 Å². The van der Waals surface area contributed by atoms with Crippen molar-refractivity contribution in [2.45, 2.75) is 31.5 Å². The van der Waals surface area contributed by atoms with Crippen molar-refractivity contribution in [2.75, 3.05) is 0 Å². The number of aliphatic hydroxyl groups excluding tert-OH is 1. The van der Waals surface area contributed by atoms with Crippen molar-refractivity contribution >= 4 is 0 Å². The van der Waals surface area contributed by atoms with Crippen LogP contribution in [0.15, 0.2) is 24.3 Å². The molecule has 0 bridgehead atoms. The molecule has 0 amide bonds. The molecule has 3 heteroatoms. The lowest BCUT2D eigenvalue weighted by atomic mass is 10.3. The molecule has 1 aromatic rings. The van der Waals surface area contributed by atoms with Crippen molar-refractivity contribution in [2.24, 2.45) is 0 Å². The van der Waals surface area contributed by atoms with Crippen LogP contribution in [0.4, 0.5) is 4.39 Å². The molecule has 14 heavy (non-hydrogen) atoms. The van der Waals surface area contributed by atoms with Gasteiger partial charge in [-0.25, -0.2) is 4.39 Å². The number of ether oxygens (including phenoxy) is 1. The predicted octanol–water partition coefficient (Wildman–Crippen LogP) is 2.12. The molecular formula is C11H13FO2. The third kappa shape index (κ3) is 2.04. The van der Waals surface area contributed by atoms with Gasteiger partial charge in [-0.1, -0.05) is 12.1 Å². The summed E-state index contributed by atoms with van der Waals surface area (Å²) in [4.78, 5) is 0. The van der Waals surface area contributed by atoms with E-state index in [0.29, 0.717) is 6.42 Å². The second-order valence-corrected chi connectivity index (χ2v) is 3.64. The van der Waals surface area contributed by atoms with Crippen LogP contribution in [0.3, 0.4) is 0 Å². The zero-order valence-corrected chi connectivity index (χ0v) is 7.82. The first kappa shape index (κ1) is 9.46. The molecule has 1 saturated carbocycles. The Labute approximate surface area is 82.3 Å². The normalized spacial score (nSPS) is 26.4. The maximum Gasteiger partial charge on any atom is 0.165 e. The van der Waals surface area contributed by atoms with Crippen molar-refractivity contribution < 1.29 is 14.2 Å². The van der Waals surface area contributed by atoms with Gasteiger partial charge in [0.25, 0.3) is 0 Å². The van der Waals surface area contributed by atoms with Crippen LogP contribution in [-0.2, 0) is 0 Å². The molecule has 76 valence electrons. The van der Waals surface area contributed by atoms with Crippen LogP contribution < -0.4 is 4.74 Å². The summed E-state index contributed by atoms with van der Waals surface area (Å²) < 4.78 is 18.6. The first-order chi connectivity index (χ1) is 6.75. The molecule has 1 fully saturated rings. The predicted molar refractivity (Wildman–Crippen MR) is 50.7 cm³/mol. The van der Waals surface area contributed by atoms with Gasteiger partial charge >= 0.3 is 0 Å². The molecule has 1 N–H and O–H groups in total. The zero-order chi connectivity index (χ0) is 9.97. The summed E-state index contributed by atoms with van der Waals surface area (Å²) in [6.45, 7) is 0. The molecule has 0 saturated heterocycles. The van der Waals surface area contributed by atoms with Crippen LogP contribution in [-0.4, -0.2) is 17.3 Å². The minimum Gasteiger partial charge on any atom is -0.487 e. The van der Waals surface area contributed by atoms with Crippen molar-refractivity contribution in [3.8, 4) is 5.75 Å². The fraction of sp³-hybridized carbons (Fsp3) is 0.455. The third-order valence-electron chi connectivity index (χ3n) is 2.49. The lowest BCUT2D eigenvalue weighted by Gasteiger charge is -2.13. The molecule has 0 heterocycles. The van der Waals surface area contributed by atoms with Gasteiger partial charge in [-0.3, -0.25) is 0 Å². The Morgan fingerprint density at radius 1 is 1.29 bits per heavy atom. The Hall–Kier alpha value is -1.09. The lowest BCUT2D eigenvalue weighted by Crippen LogP contribution is -2.14. The Kier molecular flexibility index (Phi) is 2.68. The van der Waals surface area contributed by atoms with E-state index in [2.05, 4.69) is 0 Å². The average Bonchev–Trinajstić information content (AvgIpc) is 2.56. The van der Waals surface area contributed by atoms with E-state index in [0.717, 1.165) is 12.8 Å². The van der Waals surface area contributed by atoms with Crippen molar-refractivity contribution in [3.05, 3.63) is 30.1 Å². The number of hydrogen-bond acceptors (Lipinski definition) is 2. The van der Waals surface area contributed by atoms with E-state index < -0.39 is 0 Å². The number of hydrogen-bond donors (Lipinski definition) is 1. The highest BCUT2D eigenvalue weighted by Crippen LogP contribution is 2.25. The molecular weight excluding hydrogens is 183 g/mol. The zero-order valence-electron chi connectivity index (χ0n) is 7.82. The average molecular weight is 196 g/mol. The topological polar surface area (TPSA) is 29.5 Å². The molecule has 2 atom stereocenters. The molecule has 2 rings (SSSR count). The Morgan fingerprint density at radius 3 is 2.71 bits per heavy atom. The first-order valence-electron chi connectivity index (χ1n) is 4.85. The van der Waals surface area contributed by atoms with Crippen LogP contribution in [0.25, 0.3) is 0 Å². The summed E-state index contributed by atoms with van der Waals surface area (Å²) >= 11 is 0. The Bertz CT molecular complexity index is 314. The second-order valence-electron chi connectivity index (χ2n) is 3.64. The van der Waals surface area contributed by atoms with E-state index in [9.17, 15) is 9.50 Å². The van der Waals surface area contributed by atoms with Crippen LogP contribution >= 0.6 is 0 Å². The highest BCUT2D eigenvalue weighted by molar-refractivity contribution is 5.24. The van der Waals surface area contributed by atoms with Gasteiger partial charge in [-0.2, -0.15) is 0 Å². The lowest BCUT2D eigenvalue weighted by molar-refractivity contribution is 0.147. The van der Waals surface area contributed by atoms with Crippen LogP contribution in [0.5, 0.6) is 5.75 Å². The summed E-state index contributed by atoms with van der Waals surface area (Å²) in [6, 6.07) is 6.36. The third-order valence-corrected chi connectivity index (χ3v) is 2.49. The quantitative estimate of drug-likeness (QED) is 0.785. The van der Waals surface area contributed by atoms with Gasteiger partial charge in [-0.15, -0.1) is 0 Å². The number of benzene rings is 1. The molecule has 1 aromatic carbocycles. The van der Waals surface area contributed by atoms with E-state index in [1.54, 1.807) is 18.2 Å². The van der Waals surface area contributed by atoms with Gasteiger partial charge in [0, 0.05) is 6.42 Å². The summed E-state index contributed by atoms with van der Waals surface area (Å²) in [6.07, 6.45) is 1.83. The summed E-state index contributed by atoms with van der Waals surface area (Å²) in [5.74, 6) is -0.0551. The molecule has 0 spiro atoms. The molecule has 1 aliphatic rings. The van der Waals surface area contributed by atoms with Crippen molar-refractivity contribution in [1.82, 2.24) is 0 Å². The Balaban J connectivity index is 2.01. The molecule has 2 unspecified atom stereocenters. The molecule has 0 aromatic heterocycles. The summed E-state index contributed by atoms with van der Waals surface area (Å²) in [7, 11) is 0. The Morgan fingerprint density at radius 2 is 2.07 bits per heavy atom. The van der Waals surface area contributed by atoms with E-state index >= 15 is 0 Å². The number of para-hydroxylation sites is 1. The van der Waals surface area contributed by atoms with Gasteiger partial charge in [-0.05, 0) is 25.0 Å². The molecule has 0 radical (unpaired) electrons. The molecule has 0 aliphatic heterocycles. The van der Waals surface area contributed by atoms with Crippen LogP contribution in [0.1, 0.15) is 19.3 Å². The molecule has 1 aliphatic carbocycles. The maximum atomic E-state index is 13.2. The first-order valence-corrected chi connectivity index (χ1v) is 4.85. The smallest absolute Gasteiger partial charge is 0.165 e. The fourth-order valence-electron chi connectivity index (χ4n) is 1.74. The SMILES string of the molecule is OC1CCC(Oc2ccccc2F)C1. The van der Waals surface area contributed by atoms with Gasteiger partial charge < -0.3 is 9.84 Å². The van der Waals surface area contributed by atoms with E-state index in [4.69, 9.17) is 4.74 Å². The minimum atomic E-state index is -0.339. The van der Waals surface area contributed by atoms with Crippen molar-refractivity contribution in [1.29, 1.82) is 0 Å². The number of aliphatic hydroxyl groups is 1. The second kappa shape index (κ2) is 3.96. The van der Waals surface area contributed by atoms with Gasteiger partial charge in [0.05, 0.1) is 6.10 Å². The largest absolute Gasteiger partial charge is 0.487 e. The number of halogens is 1. The monoisotopic (exact) mass is 196 g/mol.